The van der Waals surface area contributed by atoms with Crippen LogP contribution in [0.15, 0.2) is 109 Å². The fourth-order valence-corrected chi connectivity index (χ4v) is 4.65. The van der Waals surface area contributed by atoms with Crippen molar-refractivity contribution < 1.29 is 24.1 Å². The molecule has 0 spiro atoms. The van der Waals surface area contributed by atoms with Gasteiger partial charge in [-0.1, -0.05) is 97.1 Å². The van der Waals surface area contributed by atoms with Crippen LogP contribution in [0.3, 0.4) is 0 Å². The minimum Gasteiger partial charge on any atom is -0.459 e. The Morgan fingerprint density at radius 2 is 1.29 bits per heavy atom. The summed E-state index contributed by atoms with van der Waals surface area (Å²) in [6.45, 7) is 1.39. The molecule has 0 bridgehead atoms. The number of esters is 1. The van der Waals surface area contributed by atoms with Crippen LogP contribution in [0.25, 0.3) is 0 Å². The topological polar surface area (TPSA) is 68.2 Å². The second-order valence-corrected chi connectivity index (χ2v) is 9.37. The molecule has 0 radical (unpaired) electrons. The molecule has 0 aliphatic carbocycles. The van der Waals surface area contributed by atoms with Crippen LogP contribution in [0, 0.1) is 0 Å². The molecule has 6 heteroatoms. The Hall–Kier alpha value is -4.13. The van der Waals surface area contributed by atoms with Crippen LogP contribution in [0.2, 0.25) is 0 Å². The average Bonchev–Trinajstić information content (AvgIpc) is 3.44. The molecule has 0 amide bonds. The number of hydrogen-bond acceptors (Lipinski definition) is 6. The summed E-state index contributed by atoms with van der Waals surface area (Å²) < 4.78 is 16.6. The lowest BCUT2D eigenvalue weighted by Crippen LogP contribution is -2.48. The third-order valence-corrected chi connectivity index (χ3v) is 6.64. The summed E-state index contributed by atoms with van der Waals surface area (Å²) >= 11 is 0. The first-order valence-electron chi connectivity index (χ1n) is 12.7. The van der Waals surface area contributed by atoms with E-state index in [4.69, 9.17) is 14.2 Å². The highest BCUT2D eigenvalue weighted by Gasteiger charge is 2.33. The van der Waals surface area contributed by atoms with Crippen LogP contribution in [-0.2, 0) is 35.6 Å². The lowest BCUT2D eigenvalue weighted by molar-refractivity contribution is -0.159. The summed E-state index contributed by atoms with van der Waals surface area (Å²) in [6, 6.07) is 34.8. The Kier molecular flexibility index (Phi) is 8.33. The predicted octanol–water partition coefficient (Wildman–Crippen LogP) is 5.13. The maximum absolute atomic E-state index is 13.2. The van der Waals surface area contributed by atoms with E-state index in [1.165, 1.54) is 0 Å². The van der Waals surface area contributed by atoms with Crippen LogP contribution in [0.1, 0.15) is 22.3 Å². The largest absolute Gasteiger partial charge is 0.459 e. The summed E-state index contributed by atoms with van der Waals surface area (Å²) in [5.41, 5.74) is 3.97. The second-order valence-electron chi connectivity index (χ2n) is 9.37. The minimum absolute atomic E-state index is 0.102. The standard InChI is InChI=1S/C32H31NO5/c34-31(32(35)36-22-26-14-8-3-9-15-26)28(18-27-16-17-29-30(19-27)38-23-37-29)33(20-24-10-4-1-5-11-24)21-25-12-6-2-7-13-25/h1-17,19,28,31,34H,18,20-23H2. The maximum atomic E-state index is 13.2. The zero-order chi connectivity index (χ0) is 26.2. The molecule has 38 heavy (non-hydrogen) atoms. The van der Waals surface area contributed by atoms with Crippen molar-refractivity contribution in [2.24, 2.45) is 0 Å². The van der Waals surface area contributed by atoms with Gasteiger partial charge in [-0.05, 0) is 40.8 Å². The predicted molar refractivity (Wildman–Crippen MR) is 144 cm³/mol. The number of carbonyl (C=O) groups is 1. The molecule has 4 aromatic carbocycles. The maximum Gasteiger partial charge on any atom is 0.336 e. The highest BCUT2D eigenvalue weighted by Crippen LogP contribution is 2.33. The Labute approximate surface area is 223 Å². The van der Waals surface area contributed by atoms with Gasteiger partial charge >= 0.3 is 5.97 Å². The first-order valence-corrected chi connectivity index (χ1v) is 12.7. The van der Waals surface area contributed by atoms with E-state index >= 15 is 0 Å². The molecule has 5 rings (SSSR count). The van der Waals surface area contributed by atoms with Crippen LogP contribution in [0.5, 0.6) is 11.5 Å². The fraction of sp³-hybridized carbons (Fsp3) is 0.219. The van der Waals surface area contributed by atoms with E-state index < -0.39 is 18.1 Å². The van der Waals surface area contributed by atoms with Gasteiger partial charge in [0.2, 0.25) is 6.79 Å². The summed E-state index contributed by atoms with van der Waals surface area (Å²) in [6.07, 6.45) is -0.950. The number of fused-ring (bicyclic) bond motifs is 1. The van der Waals surface area contributed by atoms with Gasteiger partial charge in [0.1, 0.15) is 6.61 Å². The van der Waals surface area contributed by atoms with Gasteiger partial charge in [-0.2, -0.15) is 0 Å². The SMILES string of the molecule is O=C(OCc1ccccc1)C(O)C(Cc1ccc2c(c1)OCO2)N(Cc1ccccc1)Cc1ccccc1. The van der Waals surface area contributed by atoms with Gasteiger partial charge in [-0.15, -0.1) is 0 Å². The van der Waals surface area contributed by atoms with Crippen molar-refractivity contribution >= 4 is 5.97 Å². The molecular weight excluding hydrogens is 478 g/mol. The van der Waals surface area contributed by atoms with Crippen LogP contribution < -0.4 is 9.47 Å². The Morgan fingerprint density at radius 1 is 0.737 bits per heavy atom. The van der Waals surface area contributed by atoms with Gasteiger partial charge < -0.3 is 19.3 Å². The van der Waals surface area contributed by atoms with E-state index in [-0.39, 0.29) is 13.4 Å². The molecule has 0 aromatic heterocycles. The van der Waals surface area contributed by atoms with Crippen molar-refractivity contribution in [1.29, 1.82) is 0 Å². The second kappa shape index (κ2) is 12.4. The number of ether oxygens (including phenoxy) is 3. The summed E-state index contributed by atoms with van der Waals surface area (Å²) in [7, 11) is 0. The third-order valence-electron chi connectivity index (χ3n) is 6.64. The number of aliphatic hydroxyl groups excluding tert-OH is 1. The normalized spacial score (nSPS) is 13.7. The fourth-order valence-electron chi connectivity index (χ4n) is 4.65. The van der Waals surface area contributed by atoms with E-state index in [0.29, 0.717) is 31.0 Å². The van der Waals surface area contributed by atoms with Gasteiger partial charge in [0.25, 0.3) is 0 Å². The summed E-state index contributed by atoms with van der Waals surface area (Å²) in [5.74, 6) is 0.712. The highest BCUT2D eigenvalue weighted by atomic mass is 16.7. The lowest BCUT2D eigenvalue weighted by atomic mass is 9.97. The number of hydrogen-bond donors (Lipinski definition) is 1. The number of benzene rings is 4. The molecule has 0 fully saturated rings. The molecule has 1 aliphatic rings. The van der Waals surface area contributed by atoms with Crippen LogP contribution in [-0.4, -0.2) is 34.9 Å². The van der Waals surface area contributed by atoms with Gasteiger partial charge in [0.05, 0.1) is 6.04 Å². The van der Waals surface area contributed by atoms with Gasteiger partial charge in [0.15, 0.2) is 17.6 Å². The van der Waals surface area contributed by atoms with Crippen molar-refractivity contribution in [3.05, 3.63) is 131 Å². The van der Waals surface area contributed by atoms with Gasteiger partial charge in [-0.3, -0.25) is 4.90 Å². The molecule has 2 atom stereocenters. The molecule has 1 N–H and O–H groups in total. The number of aliphatic hydroxyl groups is 1. The quantitative estimate of drug-likeness (QED) is 0.283. The molecular formula is C32H31NO5. The molecule has 0 saturated heterocycles. The van der Waals surface area contributed by atoms with Crippen molar-refractivity contribution in [1.82, 2.24) is 4.90 Å². The summed E-state index contributed by atoms with van der Waals surface area (Å²) in [4.78, 5) is 15.3. The number of nitrogens with zero attached hydrogens (tertiary/aromatic N) is 1. The zero-order valence-corrected chi connectivity index (χ0v) is 21.1. The lowest BCUT2D eigenvalue weighted by Gasteiger charge is -2.34. The molecule has 0 saturated carbocycles. The third kappa shape index (κ3) is 6.59. The molecule has 6 nitrogen and oxygen atoms in total. The molecule has 1 heterocycles. The van der Waals surface area contributed by atoms with Crippen molar-refractivity contribution in [2.45, 2.75) is 38.3 Å². The van der Waals surface area contributed by atoms with E-state index in [2.05, 4.69) is 29.2 Å². The first-order chi connectivity index (χ1) is 18.7. The zero-order valence-electron chi connectivity index (χ0n) is 21.1. The average molecular weight is 510 g/mol. The van der Waals surface area contributed by atoms with Crippen molar-refractivity contribution in [3.63, 3.8) is 0 Å². The summed E-state index contributed by atoms with van der Waals surface area (Å²) in [5, 5.41) is 11.5. The van der Waals surface area contributed by atoms with E-state index in [9.17, 15) is 9.90 Å². The van der Waals surface area contributed by atoms with Crippen LogP contribution >= 0.6 is 0 Å². The Morgan fingerprint density at radius 3 is 1.89 bits per heavy atom. The van der Waals surface area contributed by atoms with Crippen LogP contribution in [0.4, 0.5) is 0 Å². The van der Waals surface area contributed by atoms with Gasteiger partial charge in [-0.25, -0.2) is 4.79 Å². The van der Waals surface area contributed by atoms with Gasteiger partial charge in [0, 0.05) is 13.1 Å². The number of rotatable bonds is 11. The molecule has 194 valence electrons. The number of carbonyl (C=O) groups excluding carboxylic acids is 1. The molecule has 2 unspecified atom stereocenters. The Balaban J connectivity index is 1.43. The van der Waals surface area contributed by atoms with Crippen molar-refractivity contribution in [3.8, 4) is 11.5 Å². The van der Waals surface area contributed by atoms with Crippen molar-refractivity contribution in [2.75, 3.05) is 6.79 Å². The first kappa shape index (κ1) is 25.5. The van der Waals surface area contributed by atoms with E-state index in [1.807, 2.05) is 84.9 Å². The van der Waals surface area contributed by atoms with E-state index in [1.54, 1.807) is 0 Å². The minimum atomic E-state index is -1.36. The monoisotopic (exact) mass is 509 g/mol. The Bertz CT molecular complexity index is 1270. The highest BCUT2D eigenvalue weighted by molar-refractivity contribution is 5.75. The molecule has 4 aromatic rings. The smallest absolute Gasteiger partial charge is 0.336 e. The van der Waals surface area contributed by atoms with E-state index in [0.717, 1.165) is 22.3 Å². The molecule has 1 aliphatic heterocycles.